The van der Waals surface area contributed by atoms with E-state index in [1.165, 1.54) is 18.2 Å². The molecule has 4 rings (SSSR count). The second kappa shape index (κ2) is 11.6. The molecule has 6 nitrogen and oxygen atoms in total. The smallest absolute Gasteiger partial charge is 0.416 e. The van der Waals surface area contributed by atoms with Crippen molar-refractivity contribution in [3.05, 3.63) is 87.4 Å². The standard InChI is InChI=1S/C29H27ClF3NO5/c1-16(2)22-13-19(29(31,32)33)6-3-17(22)9-11-34-27(35)18-4-7-20(8-5-18)39-26-15-25-23(14-24(26)30)21(28(36)37)10-12-38-25/h3-8,13-16,21H,9-12H2,1-2H3,(H,34,35)(H,36,37). The molecule has 1 aliphatic heterocycles. The molecule has 1 heterocycles. The summed E-state index contributed by atoms with van der Waals surface area (Å²) >= 11 is 6.34. The third kappa shape index (κ3) is 6.65. The summed E-state index contributed by atoms with van der Waals surface area (Å²) in [7, 11) is 0. The van der Waals surface area contributed by atoms with E-state index in [1.54, 1.807) is 30.3 Å². The lowest BCUT2D eigenvalue weighted by molar-refractivity contribution is -0.139. The minimum Gasteiger partial charge on any atom is -0.493 e. The van der Waals surface area contributed by atoms with Gasteiger partial charge in [0, 0.05) is 23.7 Å². The molecule has 0 bridgehead atoms. The lowest BCUT2D eigenvalue weighted by Crippen LogP contribution is -2.26. The first kappa shape index (κ1) is 28.3. The zero-order valence-corrected chi connectivity index (χ0v) is 22.0. The molecule has 3 aromatic carbocycles. The van der Waals surface area contributed by atoms with Crippen molar-refractivity contribution in [3.63, 3.8) is 0 Å². The van der Waals surface area contributed by atoms with Gasteiger partial charge >= 0.3 is 12.1 Å². The number of alkyl halides is 3. The van der Waals surface area contributed by atoms with Crippen LogP contribution < -0.4 is 14.8 Å². The topological polar surface area (TPSA) is 84.9 Å². The number of ether oxygens (including phenoxy) is 2. The second-order valence-corrected chi connectivity index (χ2v) is 9.95. The molecule has 0 aliphatic carbocycles. The predicted octanol–water partition coefficient (Wildman–Crippen LogP) is 7.20. The van der Waals surface area contributed by atoms with Crippen molar-refractivity contribution in [1.29, 1.82) is 0 Å². The number of carboxylic acid groups (broad SMARTS) is 1. The molecule has 3 aromatic rings. The summed E-state index contributed by atoms with van der Waals surface area (Å²) < 4.78 is 50.7. The fraction of sp³-hybridized carbons (Fsp3) is 0.310. The number of benzene rings is 3. The maximum atomic E-state index is 13.1. The number of carbonyl (C=O) groups is 2. The summed E-state index contributed by atoms with van der Waals surface area (Å²) in [6.45, 7) is 4.19. The number of aliphatic carboxylic acids is 1. The van der Waals surface area contributed by atoms with Gasteiger partial charge in [0.25, 0.3) is 5.91 Å². The van der Waals surface area contributed by atoms with Crippen LogP contribution in [-0.2, 0) is 17.4 Å². The van der Waals surface area contributed by atoms with Crippen molar-refractivity contribution >= 4 is 23.5 Å². The van der Waals surface area contributed by atoms with Crippen LogP contribution in [0, 0.1) is 0 Å². The van der Waals surface area contributed by atoms with Crippen LogP contribution in [0.15, 0.2) is 54.6 Å². The number of fused-ring (bicyclic) bond motifs is 1. The van der Waals surface area contributed by atoms with Gasteiger partial charge in [-0.15, -0.1) is 0 Å². The fourth-order valence-electron chi connectivity index (χ4n) is 4.47. The lowest BCUT2D eigenvalue weighted by atomic mass is 9.93. The molecule has 10 heteroatoms. The van der Waals surface area contributed by atoms with E-state index in [-0.39, 0.29) is 35.7 Å². The molecule has 0 saturated carbocycles. The summed E-state index contributed by atoms with van der Waals surface area (Å²) in [5, 5.41) is 12.5. The van der Waals surface area contributed by atoms with E-state index in [2.05, 4.69) is 5.32 Å². The quantitative estimate of drug-likeness (QED) is 0.304. The van der Waals surface area contributed by atoms with Gasteiger partial charge < -0.3 is 19.9 Å². The molecule has 206 valence electrons. The van der Waals surface area contributed by atoms with Gasteiger partial charge in [-0.25, -0.2) is 0 Å². The zero-order chi connectivity index (χ0) is 28.3. The third-order valence-corrected chi connectivity index (χ3v) is 6.82. The van der Waals surface area contributed by atoms with Crippen molar-refractivity contribution in [2.45, 2.75) is 44.7 Å². The minimum absolute atomic E-state index is 0.0978. The molecule has 1 unspecified atom stereocenters. The van der Waals surface area contributed by atoms with Crippen LogP contribution in [0.2, 0.25) is 5.02 Å². The summed E-state index contributed by atoms with van der Waals surface area (Å²) in [6, 6.07) is 13.1. The zero-order valence-electron chi connectivity index (χ0n) is 21.3. The molecule has 0 saturated heterocycles. The van der Waals surface area contributed by atoms with Gasteiger partial charge in [0.2, 0.25) is 0 Å². The van der Waals surface area contributed by atoms with E-state index >= 15 is 0 Å². The highest BCUT2D eigenvalue weighted by molar-refractivity contribution is 6.32. The highest BCUT2D eigenvalue weighted by atomic mass is 35.5. The normalized spacial score (nSPS) is 14.9. The van der Waals surface area contributed by atoms with Crippen molar-refractivity contribution in [2.24, 2.45) is 0 Å². The van der Waals surface area contributed by atoms with Crippen LogP contribution in [0.3, 0.4) is 0 Å². The summed E-state index contributed by atoms with van der Waals surface area (Å²) in [4.78, 5) is 24.1. The van der Waals surface area contributed by atoms with Gasteiger partial charge in [-0.2, -0.15) is 13.2 Å². The van der Waals surface area contributed by atoms with Gasteiger partial charge in [-0.1, -0.05) is 31.5 Å². The molecule has 1 aliphatic rings. The molecule has 1 amide bonds. The molecular weight excluding hydrogens is 535 g/mol. The third-order valence-electron chi connectivity index (χ3n) is 6.52. The lowest BCUT2D eigenvalue weighted by Gasteiger charge is -2.24. The van der Waals surface area contributed by atoms with Crippen LogP contribution in [0.1, 0.15) is 64.7 Å². The van der Waals surface area contributed by atoms with Gasteiger partial charge in [0.1, 0.15) is 17.2 Å². The second-order valence-electron chi connectivity index (χ2n) is 9.55. The van der Waals surface area contributed by atoms with Gasteiger partial charge in [-0.05, 0) is 72.4 Å². The van der Waals surface area contributed by atoms with E-state index < -0.39 is 23.6 Å². The first-order valence-corrected chi connectivity index (χ1v) is 12.8. The number of nitrogens with one attached hydrogen (secondary N) is 1. The van der Waals surface area contributed by atoms with Gasteiger partial charge in [0.05, 0.1) is 23.1 Å². The summed E-state index contributed by atoms with van der Waals surface area (Å²) in [5.41, 5.74) is 1.54. The number of halogens is 4. The summed E-state index contributed by atoms with van der Waals surface area (Å²) in [6.07, 6.45) is -3.67. The van der Waals surface area contributed by atoms with E-state index in [0.717, 1.165) is 11.6 Å². The Labute approximate surface area is 228 Å². The Morgan fingerprint density at radius 3 is 2.49 bits per heavy atom. The molecule has 0 fully saturated rings. The van der Waals surface area contributed by atoms with Crippen molar-refractivity contribution < 1.29 is 37.3 Å². The SMILES string of the molecule is CC(C)c1cc(C(F)(F)F)ccc1CCNC(=O)c1ccc(Oc2cc3c(cc2Cl)C(C(=O)O)CCO3)cc1. The Morgan fingerprint density at radius 2 is 1.85 bits per heavy atom. The molecule has 1 atom stereocenters. The van der Waals surface area contributed by atoms with E-state index in [0.29, 0.717) is 41.0 Å². The molecule has 0 radical (unpaired) electrons. The predicted molar refractivity (Wildman–Crippen MR) is 140 cm³/mol. The van der Waals surface area contributed by atoms with Gasteiger partial charge in [0.15, 0.2) is 0 Å². The van der Waals surface area contributed by atoms with Crippen molar-refractivity contribution in [2.75, 3.05) is 13.2 Å². The number of amides is 1. The van der Waals surface area contributed by atoms with Crippen LogP contribution in [0.25, 0.3) is 0 Å². The molecule has 2 N–H and O–H groups in total. The highest BCUT2D eigenvalue weighted by Crippen LogP contribution is 2.42. The van der Waals surface area contributed by atoms with Gasteiger partial charge in [-0.3, -0.25) is 9.59 Å². The first-order valence-electron chi connectivity index (χ1n) is 12.4. The number of rotatable bonds is 8. The molecule has 0 aromatic heterocycles. The Hall–Kier alpha value is -3.72. The molecule has 39 heavy (non-hydrogen) atoms. The average molecular weight is 562 g/mol. The molecular formula is C29H27ClF3NO5. The van der Waals surface area contributed by atoms with E-state index in [4.69, 9.17) is 21.1 Å². The Kier molecular flexibility index (Phi) is 8.39. The largest absolute Gasteiger partial charge is 0.493 e. The van der Waals surface area contributed by atoms with Crippen molar-refractivity contribution in [1.82, 2.24) is 5.32 Å². The van der Waals surface area contributed by atoms with Crippen LogP contribution in [0.5, 0.6) is 17.2 Å². The number of hydrogen-bond donors (Lipinski definition) is 2. The van der Waals surface area contributed by atoms with Crippen LogP contribution >= 0.6 is 11.6 Å². The number of carbonyl (C=O) groups excluding carboxylic acids is 1. The fourth-order valence-corrected chi connectivity index (χ4v) is 4.69. The van der Waals surface area contributed by atoms with E-state index in [1.807, 2.05) is 13.8 Å². The molecule has 0 spiro atoms. The summed E-state index contributed by atoms with van der Waals surface area (Å²) in [5.74, 6) is -0.981. The van der Waals surface area contributed by atoms with Crippen LogP contribution in [0.4, 0.5) is 13.2 Å². The van der Waals surface area contributed by atoms with Crippen molar-refractivity contribution in [3.8, 4) is 17.2 Å². The maximum absolute atomic E-state index is 13.1. The number of hydrogen-bond acceptors (Lipinski definition) is 4. The van der Waals surface area contributed by atoms with Crippen LogP contribution in [-0.4, -0.2) is 30.1 Å². The first-order chi connectivity index (χ1) is 18.4. The average Bonchev–Trinajstić information content (AvgIpc) is 2.88. The van der Waals surface area contributed by atoms with E-state index in [9.17, 15) is 27.9 Å². The monoisotopic (exact) mass is 561 g/mol. The Balaban J connectivity index is 1.38. The Bertz CT molecular complexity index is 1370. The minimum atomic E-state index is -4.41. The Morgan fingerprint density at radius 1 is 1.13 bits per heavy atom. The number of carboxylic acids is 1. The maximum Gasteiger partial charge on any atom is 0.416 e. The highest BCUT2D eigenvalue weighted by Gasteiger charge is 2.31.